The molecule has 2 atom stereocenters. The van der Waals surface area contributed by atoms with Crippen LogP contribution < -0.4 is 16.0 Å². The Labute approximate surface area is 306 Å². The Kier molecular flexibility index (Phi) is 13.2. The average Bonchev–Trinajstić information content (AvgIpc) is 3.18. The summed E-state index contributed by atoms with van der Waals surface area (Å²) >= 11 is 0. The third-order valence-electron chi connectivity index (χ3n) is 9.81. The molecule has 14 heteroatoms. The van der Waals surface area contributed by atoms with Crippen LogP contribution in [-0.2, 0) is 38.1 Å². The van der Waals surface area contributed by atoms with Gasteiger partial charge in [0.2, 0.25) is 17.7 Å². The van der Waals surface area contributed by atoms with Crippen LogP contribution in [0.5, 0.6) is 0 Å². The van der Waals surface area contributed by atoms with Gasteiger partial charge in [-0.25, -0.2) is 4.39 Å². The maximum atomic E-state index is 15.6. The molecule has 0 radical (unpaired) electrons. The van der Waals surface area contributed by atoms with Crippen molar-refractivity contribution in [2.75, 3.05) is 31.5 Å². The van der Waals surface area contributed by atoms with Crippen LogP contribution in [0.3, 0.4) is 0 Å². The summed E-state index contributed by atoms with van der Waals surface area (Å²) in [5, 5.41) is 16.6. The first kappa shape index (κ1) is 38.9. The zero-order chi connectivity index (χ0) is 38.0. The zero-order valence-electron chi connectivity index (χ0n) is 29.6. The molecule has 1 saturated carbocycles. The summed E-state index contributed by atoms with van der Waals surface area (Å²) in [6.45, 7) is 4.45. The smallest absolute Gasteiger partial charge is 0.344 e. The van der Waals surface area contributed by atoms with E-state index in [2.05, 4.69) is 25.8 Å². The standard InChI is InChI=1S/C39H44F3N7O4/c1-2-34(50)45-33(37(52)49-19-17-48(18-20-49)25-30-13-6-7-16-44-30)23-26-14-15-32(31(40)22-26)46-36(51)35(28-10-4-3-5-11-28)47-38(53)39(41,42)29-12-8-9-27(21-29)24-43/h6-9,12-16,21-22,28,33,35H,2-5,10-11,17-20,23,25H2,1H3,(H,45,50)(H,46,51)(H,47,53)/t33-,35+/m1/s1. The van der Waals surface area contributed by atoms with E-state index in [1.807, 2.05) is 18.2 Å². The van der Waals surface area contributed by atoms with E-state index in [1.54, 1.807) is 24.1 Å². The number of pyridine rings is 1. The molecule has 1 aliphatic heterocycles. The number of nitrogens with one attached hydrogen (secondary N) is 3. The first-order valence-electron chi connectivity index (χ1n) is 18.0. The number of carbonyl (C=O) groups excluding carboxylic acids is 4. The van der Waals surface area contributed by atoms with Crippen molar-refractivity contribution in [3.8, 4) is 6.07 Å². The van der Waals surface area contributed by atoms with Gasteiger partial charge in [0.25, 0.3) is 5.91 Å². The molecular formula is C39H44F3N7O4. The number of nitrogens with zero attached hydrogens (tertiary/aromatic N) is 4. The van der Waals surface area contributed by atoms with Crippen molar-refractivity contribution in [1.82, 2.24) is 25.4 Å². The second-order valence-corrected chi connectivity index (χ2v) is 13.5. The van der Waals surface area contributed by atoms with Gasteiger partial charge in [0.1, 0.15) is 17.9 Å². The number of hydrogen-bond donors (Lipinski definition) is 3. The van der Waals surface area contributed by atoms with Gasteiger partial charge in [-0.05, 0) is 60.7 Å². The number of hydrogen-bond acceptors (Lipinski definition) is 7. The summed E-state index contributed by atoms with van der Waals surface area (Å²) in [5.74, 6) is -8.50. The molecule has 3 N–H and O–H groups in total. The molecule has 4 amide bonds. The molecule has 1 aromatic heterocycles. The highest BCUT2D eigenvalue weighted by Gasteiger charge is 2.44. The predicted molar refractivity (Wildman–Crippen MR) is 191 cm³/mol. The number of alkyl halides is 2. The van der Waals surface area contributed by atoms with E-state index in [9.17, 15) is 19.2 Å². The average molecular weight is 732 g/mol. The Hall–Kier alpha value is -5.29. The van der Waals surface area contributed by atoms with Gasteiger partial charge >= 0.3 is 5.92 Å². The van der Waals surface area contributed by atoms with Crippen molar-refractivity contribution in [3.63, 3.8) is 0 Å². The summed E-state index contributed by atoms with van der Waals surface area (Å²) in [7, 11) is 0. The van der Waals surface area contributed by atoms with Crippen LogP contribution in [0.4, 0.5) is 18.9 Å². The molecule has 1 saturated heterocycles. The van der Waals surface area contributed by atoms with Crippen molar-refractivity contribution in [3.05, 3.63) is 95.1 Å². The third-order valence-corrected chi connectivity index (χ3v) is 9.81. The molecule has 0 spiro atoms. The van der Waals surface area contributed by atoms with E-state index in [4.69, 9.17) is 5.26 Å². The lowest BCUT2D eigenvalue weighted by molar-refractivity contribution is -0.149. The van der Waals surface area contributed by atoms with Crippen LogP contribution in [0.1, 0.15) is 67.8 Å². The Morgan fingerprint density at radius 2 is 1.72 bits per heavy atom. The van der Waals surface area contributed by atoms with Gasteiger partial charge in [0.15, 0.2) is 0 Å². The van der Waals surface area contributed by atoms with Gasteiger partial charge in [-0.2, -0.15) is 14.0 Å². The Morgan fingerprint density at radius 3 is 2.38 bits per heavy atom. The first-order chi connectivity index (χ1) is 25.5. The molecule has 53 heavy (non-hydrogen) atoms. The monoisotopic (exact) mass is 731 g/mol. The Balaban J connectivity index is 1.26. The summed E-state index contributed by atoms with van der Waals surface area (Å²) in [6.07, 6.45) is 5.27. The number of piperazine rings is 1. The number of nitriles is 1. The molecular weight excluding hydrogens is 687 g/mol. The molecule has 2 heterocycles. The second-order valence-electron chi connectivity index (χ2n) is 13.5. The molecule has 11 nitrogen and oxygen atoms in total. The summed E-state index contributed by atoms with van der Waals surface area (Å²) in [6, 6.07) is 13.7. The summed E-state index contributed by atoms with van der Waals surface area (Å²) in [4.78, 5) is 60.9. The van der Waals surface area contributed by atoms with E-state index in [0.29, 0.717) is 51.1 Å². The fraction of sp³-hybridized carbons (Fsp3) is 0.436. The molecule has 2 fully saturated rings. The summed E-state index contributed by atoms with van der Waals surface area (Å²) in [5.41, 5.74) is 0.353. The second kappa shape index (κ2) is 18.0. The molecule has 5 rings (SSSR count). The number of carbonyl (C=O) groups is 4. The largest absolute Gasteiger partial charge is 0.349 e. The van der Waals surface area contributed by atoms with Crippen molar-refractivity contribution >= 4 is 29.3 Å². The highest BCUT2D eigenvalue weighted by atomic mass is 19.3. The van der Waals surface area contributed by atoms with E-state index < -0.39 is 47.1 Å². The van der Waals surface area contributed by atoms with Gasteiger partial charge < -0.3 is 20.9 Å². The highest BCUT2D eigenvalue weighted by Crippen LogP contribution is 2.32. The van der Waals surface area contributed by atoms with Gasteiger partial charge in [-0.3, -0.25) is 29.1 Å². The summed E-state index contributed by atoms with van der Waals surface area (Å²) < 4.78 is 46.2. The van der Waals surface area contributed by atoms with Gasteiger partial charge in [-0.1, -0.05) is 50.5 Å². The molecule has 2 aromatic carbocycles. The van der Waals surface area contributed by atoms with E-state index >= 15 is 13.2 Å². The maximum Gasteiger partial charge on any atom is 0.349 e. The van der Waals surface area contributed by atoms with Gasteiger partial charge in [0, 0.05) is 57.3 Å². The first-order valence-corrected chi connectivity index (χ1v) is 18.0. The van der Waals surface area contributed by atoms with E-state index in [1.165, 1.54) is 24.3 Å². The number of benzene rings is 2. The number of aromatic nitrogens is 1. The molecule has 0 bridgehead atoms. The fourth-order valence-corrected chi connectivity index (χ4v) is 6.81. The van der Waals surface area contributed by atoms with Crippen LogP contribution in [0.2, 0.25) is 0 Å². The van der Waals surface area contributed by atoms with E-state index in [-0.39, 0.29) is 35.9 Å². The minimum absolute atomic E-state index is 0.00723. The number of halogens is 3. The number of anilines is 1. The van der Waals surface area contributed by atoms with Gasteiger partial charge in [-0.15, -0.1) is 0 Å². The maximum absolute atomic E-state index is 15.6. The van der Waals surface area contributed by atoms with Crippen LogP contribution in [0.25, 0.3) is 0 Å². The lowest BCUT2D eigenvalue weighted by Crippen LogP contribution is -2.55. The molecule has 1 aliphatic carbocycles. The van der Waals surface area contributed by atoms with Crippen molar-refractivity contribution < 1.29 is 32.3 Å². The van der Waals surface area contributed by atoms with Crippen LogP contribution in [0.15, 0.2) is 66.9 Å². The lowest BCUT2D eigenvalue weighted by atomic mass is 9.83. The predicted octanol–water partition coefficient (Wildman–Crippen LogP) is 4.67. The minimum atomic E-state index is -4.04. The SMILES string of the molecule is CCC(=O)N[C@H](Cc1ccc(NC(=O)[C@@H](NC(=O)C(F)(F)c2cccc(C#N)c2)C2CCCCC2)c(F)c1)C(=O)N1CCN(Cc2ccccn2)CC1. The Morgan fingerprint density at radius 1 is 0.962 bits per heavy atom. The van der Waals surface area contributed by atoms with Crippen molar-refractivity contribution in [2.24, 2.45) is 5.92 Å². The molecule has 3 aromatic rings. The minimum Gasteiger partial charge on any atom is -0.344 e. The Bertz CT molecular complexity index is 1810. The molecule has 0 unspecified atom stereocenters. The van der Waals surface area contributed by atoms with Crippen molar-refractivity contribution in [1.29, 1.82) is 5.26 Å². The number of amides is 4. The van der Waals surface area contributed by atoms with Crippen LogP contribution >= 0.6 is 0 Å². The molecule has 280 valence electrons. The lowest BCUT2D eigenvalue weighted by Gasteiger charge is -2.36. The third kappa shape index (κ3) is 10.2. The molecule has 2 aliphatic rings. The van der Waals surface area contributed by atoms with Gasteiger partial charge in [0.05, 0.1) is 23.0 Å². The van der Waals surface area contributed by atoms with Crippen molar-refractivity contribution in [2.45, 2.75) is 76.4 Å². The topological polar surface area (TPSA) is 148 Å². The van der Waals surface area contributed by atoms with E-state index in [0.717, 1.165) is 43.2 Å². The zero-order valence-corrected chi connectivity index (χ0v) is 29.6. The van der Waals surface area contributed by atoms with Crippen LogP contribution in [-0.4, -0.2) is 76.7 Å². The fourth-order valence-electron chi connectivity index (χ4n) is 6.81. The number of rotatable bonds is 13. The normalized spacial score (nSPS) is 16.5. The quantitative estimate of drug-likeness (QED) is 0.232. The highest BCUT2D eigenvalue weighted by molar-refractivity contribution is 5.98. The van der Waals surface area contributed by atoms with Crippen LogP contribution in [0, 0.1) is 23.1 Å².